The Bertz CT molecular complexity index is 806. The third-order valence-corrected chi connectivity index (χ3v) is 3.46. The van der Waals surface area contributed by atoms with Crippen LogP contribution in [0.25, 0.3) is 10.9 Å². The minimum atomic E-state index is -0.245. The number of halogens is 1. The second-order valence-electron chi connectivity index (χ2n) is 4.79. The van der Waals surface area contributed by atoms with Gasteiger partial charge in [0.25, 0.3) is 0 Å². The predicted octanol–water partition coefficient (Wildman–Crippen LogP) is 2.92. The molecule has 0 spiro atoms. The van der Waals surface area contributed by atoms with E-state index in [0.29, 0.717) is 12.1 Å². The summed E-state index contributed by atoms with van der Waals surface area (Å²) in [6, 6.07) is 14.0. The summed E-state index contributed by atoms with van der Waals surface area (Å²) in [4.78, 5) is 0. The van der Waals surface area contributed by atoms with Crippen LogP contribution in [0.3, 0.4) is 0 Å². The summed E-state index contributed by atoms with van der Waals surface area (Å²) in [5.74, 6) is -0.162. The molecule has 21 heavy (non-hydrogen) atoms. The van der Waals surface area contributed by atoms with E-state index in [1.165, 1.54) is 12.1 Å². The van der Waals surface area contributed by atoms with E-state index in [4.69, 9.17) is 10.9 Å². The second-order valence-corrected chi connectivity index (χ2v) is 4.79. The summed E-state index contributed by atoms with van der Waals surface area (Å²) < 4.78 is 15.0. The van der Waals surface area contributed by atoms with Crippen molar-refractivity contribution in [2.45, 2.75) is 6.54 Å². The zero-order valence-electron chi connectivity index (χ0n) is 11.2. The number of rotatable bonds is 3. The van der Waals surface area contributed by atoms with Gasteiger partial charge in [0.1, 0.15) is 5.82 Å². The van der Waals surface area contributed by atoms with E-state index in [0.717, 1.165) is 16.5 Å². The number of amidine groups is 1. The van der Waals surface area contributed by atoms with Gasteiger partial charge in [-0.1, -0.05) is 29.4 Å². The van der Waals surface area contributed by atoms with E-state index in [-0.39, 0.29) is 11.7 Å². The molecule has 106 valence electrons. The molecule has 0 aliphatic heterocycles. The molecule has 0 aliphatic carbocycles. The molecule has 2 aromatic carbocycles. The first-order valence-electron chi connectivity index (χ1n) is 6.49. The first-order chi connectivity index (χ1) is 10.2. The summed E-state index contributed by atoms with van der Waals surface area (Å²) in [7, 11) is 0. The maximum absolute atomic E-state index is 12.9. The van der Waals surface area contributed by atoms with Gasteiger partial charge in [0.2, 0.25) is 0 Å². The molecule has 3 aromatic rings. The number of aromatic nitrogens is 1. The van der Waals surface area contributed by atoms with Gasteiger partial charge in [-0.15, -0.1) is 0 Å². The van der Waals surface area contributed by atoms with Crippen molar-refractivity contribution in [2.24, 2.45) is 10.9 Å². The molecule has 1 heterocycles. The Morgan fingerprint density at radius 2 is 1.90 bits per heavy atom. The zero-order chi connectivity index (χ0) is 14.8. The van der Waals surface area contributed by atoms with Crippen LogP contribution in [-0.4, -0.2) is 15.6 Å². The molecule has 0 amide bonds. The normalized spacial score (nSPS) is 12.0. The van der Waals surface area contributed by atoms with Crippen LogP contribution in [0.5, 0.6) is 0 Å². The zero-order valence-corrected chi connectivity index (χ0v) is 11.2. The van der Waals surface area contributed by atoms with E-state index >= 15 is 0 Å². The standard InChI is InChI=1S/C16H14FN3O/c17-12-6-4-11(5-7-12)10-20-9-8-13-14(16(18)19-21)2-1-3-15(13)20/h1-9,21H,10H2,(H2,18,19). The minimum absolute atomic E-state index is 0.0835. The number of hydrogen-bond acceptors (Lipinski definition) is 2. The fourth-order valence-corrected chi connectivity index (χ4v) is 2.43. The molecular formula is C16H14FN3O. The Kier molecular flexibility index (Phi) is 3.31. The van der Waals surface area contributed by atoms with Gasteiger partial charge in [0.15, 0.2) is 5.84 Å². The van der Waals surface area contributed by atoms with Crippen LogP contribution in [0.2, 0.25) is 0 Å². The molecule has 5 heteroatoms. The fourth-order valence-electron chi connectivity index (χ4n) is 2.43. The van der Waals surface area contributed by atoms with Gasteiger partial charge < -0.3 is 15.5 Å². The maximum atomic E-state index is 12.9. The van der Waals surface area contributed by atoms with Crippen molar-refractivity contribution in [2.75, 3.05) is 0 Å². The lowest BCUT2D eigenvalue weighted by Crippen LogP contribution is -2.13. The molecular weight excluding hydrogens is 269 g/mol. The molecule has 0 unspecified atom stereocenters. The molecule has 0 radical (unpaired) electrons. The van der Waals surface area contributed by atoms with Crippen molar-refractivity contribution >= 4 is 16.7 Å². The van der Waals surface area contributed by atoms with Crippen LogP contribution in [0.4, 0.5) is 4.39 Å². The van der Waals surface area contributed by atoms with E-state index in [1.54, 1.807) is 18.2 Å². The number of nitrogens with two attached hydrogens (primary N) is 1. The highest BCUT2D eigenvalue weighted by Gasteiger charge is 2.09. The Balaban J connectivity index is 2.03. The Morgan fingerprint density at radius 3 is 2.62 bits per heavy atom. The van der Waals surface area contributed by atoms with Crippen LogP contribution in [0, 0.1) is 5.82 Å². The largest absolute Gasteiger partial charge is 0.409 e. The third kappa shape index (κ3) is 2.45. The van der Waals surface area contributed by atoms with Gasteiger partial charge in [-0.05, 0) is 29.8 Å². The molecule has 3 rings (SSSR count). The highest BCUT2D eigenvalue weighted by atomic mass is 19.1. The van der Waals surface area contributed by atoms with Crippen LogP contribution < -0.4 is 5.73 Å². The minimum Gasteiger partial charge on any atom is -0.409 e. The molecule has 4 nitrogen and oxygen atoms in total. The summed E-state index contributed by atoms with van der Waals surface area (Å²) in [6.07, 6.45) is 1.93. The molecule has 1 aromatic heterocycles. The van der Waals surface area contributed by atoms with Crippen molar-refractivity contribution in [3.05, 3.63) is 71.7 Å². The monoisotopic (exact) mass is 283 g/mol. The van der Waals surface area contributed by atoms with Crippen molar-refractivity contribution < 1.29 is 9.60 Å². The molecule has 0 saturated carbocycles. The van der Waals surface area contributed by atoms with Gasteiger partial charge >= 0.3 is 0 Å². The number of fused-ring (bicyclic) bond motifs is 1. The number of hydrogen-bond donors (Lipinski definition) is 2. The van der Waals surface area contributed by atoms with Crippen molar-refractivity contribution in [3.63, 3.8) is 0 Å². The highest BCUT2D eigenvalue weighted by Crippen LogP contribution is 2.21. The molecule has 3 N–H and O–H groups in total. The first kappa shape index (κ1) is 13.2. The maximum Gasteiger partial charge on any atom is 0.170 e. The van der Waals surface area contributed by atoms with E-state index in [9.17, 15) is 4.39 Å². The van der Waals surface area contributed by atoms with Crippen LogP contribution in [0.15, 0.2) is 59.9 Å². The number of oxime groups is 1. The number of nitrogens with zero attached hydrogens (tertiary/aromatic N) is 2. The third-order valence-electron chi connectivity index (χ3n) is 3.46. The summed E-state index contributed by atoms with van der Waals surface area (Å²) >= 11 is 0. The quantitative estimate of drug-likeness (QED) is 0.336. The van der Waals surface area contributed by atoms with Gasteiger partial charge in [-0.3, -0.25) is 0 Å². The van der Waals surface area contributed by atoms with Gasteiger partial charge in [0, 0.05) is 29.2 Å². The molecule has 0 saturated heterocycles. The molecule has 0 aliphatic rings. The lowest BCUT2D eigenvalue weighted by Gasteiger charge is -2.07. The Morgan fingerprint density at radius 1 is 1.14 bits per heavy atom. The SMILES string of the molecule is N/C(=N/O)c1cccc2c1ccn2Cc1ccc(F)cc1. The topological polar surface area (TPSA) is 63.5 Å². The van der Waals surface area contributed by atoms with Gasteiger partial charge in [0.05, 0.1) is 0 Å². The van der Waals surface area contributed by atoms with Crippen molar-refractivity contribution in [3.8, 4) is 0 Å². The van der Waals surface area contributed by atoms with Crippen molar-refractivity contribution in [1.29, 1.82) is 0 Å². The van der Waals surface area contributed by atoms with Crippen molar-refractivity contribution in [1.82, 2.24) is 4.57 Å². The lowest BCUT2D eigenvalue weighted by molar-refractivity contribution is 0.318. The van der Waals surface area contributed by atoms with E-state index in [2.05, 4.69) is 5.16 Å². The van der Waals surface area contributed by atoms with Gasteiger partial charge in [-0.25, -0.2) is 4.39 Å². The van der Waals surface area contributed by atoms with Crippen LogP contribution >= 0.6 is 0 Å². The molecule has 0 fully saturated rings. The Hall–Kier alpha value is -2.82. The summed E-state index contributed by atoms with van der Waals surface area (Å²) in [5, 5.41) is 12.8. The van der Waals surface area contributed by atoms with Gasteiger partial charge in [-0.2, -0.15) is 0 Å². The Labute approximate surface area is 120 Å². The van der Waals surface area contributed by atoms with Crippen LogP contribution in [-0.2, 0) is 6.54 Å². The first-order valence-corrected chi connectivity index (χ1v) is 6.49. The second kappa shape index (κ2) is 5.28. The van der Waals surface area contributed by atoms with Crippen LogP contribution in [0.1, 0.15) is 11.1 Å². The average Bonchev–Trinajstić information content (AvgIpc) is 2.92. The lowest BCUT2D eigenvalue weighted by atomic mass is 10.1. The molecule has 0 bridgehead atoms. The highest BCUT2D eigenvalue weighted by molar-refractivity contribution is 6.08. The van der Waals surface area contributed by atoms with E-state index < -0.39 is 0 Å². The predicted molar refractivity (Wildman–Crippen MR) is 80.0 cm³/mol. The summed E-state index contributed by atoms with van der Waals surface area (Å²) in [5.41, 5.74) is 8.35. The number of benzene rings is 2. The summed E-state index contributed by atoms with van der Waals surface area (Å²) in [6.45, 7) is 0.628. The van der Waals surface area contributed by atoms with E-state index in [1.807, 2.05) is 29.0 Å². The average molecular weight is 283 g/mol. The smallest absolute Gasteiger partial charge is 0.170 e. The fraction of sp³-hybridized carbons (Fsp3) is 0.0625. The molecule has 0 atom stereocenters.